The van der Waals surface area contributed by atoms with Gasteiger partial charge in [-0.25, -0.2) is 4.98 Å². The van der Waals surface area contributed by atoms with Gasteiger partial charge in [0.2, 0.25) is 0 Å². The lowest BCUT2D eigenvalue weighted by Gasteiger charge is -2.26. The molecule has 1 N–H and O–H groups in total. The fraction of sp³-hybridized carbons (Fsp3) is 0.115. The minimum Gasteiger partial charge on any atom is -0.457 e. The molecule has 3 aromatic carbocycles. The van der Waals surface area contributed by atoms with Crippen molar-refractivity contribution in [2.75, 3.05) is 11.9 Å². The number of nitrogens with zero attached hydrogens (tertiary/aromatic N) is 2. The second kappa shape index (κ2) is 9.26. The van der Waals surface area contributed by atoms with Crippen molar-refractivity contribution in [3.8, 4) is 11.5 Å². The Morgan fingerprint density at radius 3 is 2.36 bits per heavy atom. The lowest BCUT2D eigenvalue weighted by molar-refractivity contribution is 0.0736. The molecule has 0 aliphatic carbocycles. The Morgan fingerprint density at radius 1 is 0.879 bits per heavy atom. The van der Waals surface area contributed by atoms with E-state index in [0.29, 0.717) is 47.3 Å². The number of hydrogen-bond acceptors (Lipinski definition) is 5. The fourth-order valence-corrected chi connectivity index (χ4v) is 4.70. The summed E-state index contributed by atoms with van der Waals surface area (Å²) in [6, 6.07) is 25.7. The van der Waals surface area contributed by atoms with Gasteiger partial charge in [0.1, 0.15) is 11.5 Å². The molecule has 0 unspecified atom stereocenters. The number of amides is 2. The standard InChI is InChI=1S/C26H21N3O3S/c30-24(19-10-7-13-21(16-19)32-20-11-5-2-6-12-20)28-26-27-22-14-15-29(17-23(22)33-26)25(31)18-8-3-1-4-9-18/h1-13,16H,14-15,17H2,(H,27,28,30). The molecule has 0 saturated carbocycles. The summed E-state index contributed by atoms with van der Waals surface area (Å²) in [5, 5.41) is 3.43. The van der Waals surface area contributed by atoms with Crippen LogP contribution in [0.15, 0.2) is 84.9 Å². The highest BCUT2D eigenvalue weighted by molar-refractivity contribution is 7.15. The topological polar surface area (TPSA) is 71.5 Å². The first-order chi connectivity index (χ1) is 16.2. The van der Waals surface area contributed by atoms with Gasteiger partial charge < -0.3 is 9.64 Å². The van der Waals surface area contributed by atoms with E-state index in [4.69, 9.17) is 4.74 Å². The fourth-order valence-electron chi connectivity index (χ4n) is 3.68. The van der Waals surface area contributed by atoms with E-state index < -0.39 is 0 Å². The number of thiazole rings is 1. The highest BCUT2D eigenvalue weighted by Gasteiger charge is 2.25. The number of para-hydroxylation sites is 1. The quantitative estimate of drug-likeness (QED) is 0.438. The predicted octanol–water partition coefficient (Wildman–Crippen LogP) is 5.39. The molecule has 7 heteroatoms. The molecule has 6 nitrogen and oxygen atoms in total. The average molecular weight is 456 g/mol. The molecule has 2 heterocycles. The van der Waals surface area contributed by atoms with Crippen LogP contribution in [0, 0.1) is 0 Å². The first kappa shape index (κ1) is 20.9. The number of aromatic nitrogens is 1. The smallest absolute Gasteiger partial charge is 0.257 e. The zero-order valence-electron chi connectivity index (χ0n) is 17.7. The summed E-state index contributed by atoms with van der Waals surface area (Å²) in [6.45, 7) is 1.10. The maximum Gasteiger partial charge on any atom is 0.257 e. The number of carbonyl (C=O) groups is 2. The van der Waals surface area contributed by atoms with Gasteiger partial charge in [-0.15, -0.1) is 0 Å². The second-order valence-electron chi connectivity index (χ2n) is 7.63. The van der Waals surface area contributed by atoms with E-state index in [2.05, 4.69) is 10.3 Å². The van der Waals surface area contributed by atoms with Crippen LogP contribution in [0.2, 0.25) is 0 Å². The van der Waals surface area contributed by atoms with E-state index in [0.717, 1.165) is 10.6 Å². The van der Waals surface area contributed by atoms with E-state index in [1.54, 1.807) is 18.2 Å². The highest BCUT2D eigenvalue weighted by atomic mass is 32.1. The third-order valence-corrected chi connectivity index (χ3v) is 6.33. The molecule has 0 atom stereocenters. The second-order valence-corrected chi connectivity index (χ2v) is 8.71. The van der Waals surface area contributed by atoms with Gasteiger partial charge in [-0.05, 0) is 42.5 Å². The minimum atomic E-state index is -0.253. The summed E-state index contributed by atoms with van der Waals surface area (Å²) < 4.78 is 5.83. The summed E-state index contributed by atoms with van der Waals surface area (Å²) in [5.41, 5.74) is 2.10. The molecule has 1 aromatic heterocycles. The summed E-state index contributed by atoms with van der Waals surface area (Å²) >= 11 is 1.41. The summed E-state index contributed by atoms with van der Waals surface area (Å²) in [6.07, 6.45) is 0.667. The Bertz CT molecular complexity index is 1290. The van der Waals surface area contributed by atoms with E-state index in [1.807, 2.05) is 71.6 Å². The first-order valence-corrected chi connectivity index (χ1v) is 11.4. The molecular weight excluding hydrogens is 434 g/mol. The third-order valence-electron chi connectivity index (χ3n) is 5.33. The van der Waals surface area contributed by atoms with E-state index in [-0.39, 0.29) is 11.8 Å². The van der Waals surface area contributed by atoms with E-state index >= 15 is 0 Å². The van der Waals surface area contributed by atoms with Gasteiger partial charge in [0.05, 0.1) is 12.2 Å². The molecule has 164 valence electrons. The molecule has 0 fully saturated rings. The molecule has 0 spiro atoms. The van der Waals surface area contributed by atoms with Crippen molar-refractivity contribution < 1.29 is 14.3 Å². The molecule has 2 amide bonds. The van der Waals surface area contributed by atoms with Gasteiger partial charge in [-0.3, -0.25) is 14.9 Å². The molecule has 0 bridgehead atoms. The summed E-state index contributed by atoms with van der Waals surface area (Å²) in [4.78, 5) is 33.0. The third kappa shape index (κ3) is 4.78. The number of ether oxygens (including phenoxy) is 1. The maximum atomic E-state index is 12.8. The van der Waals surface area contributed by atoms with Crippen LogP contribution < -0.4 is 10.1 Å². The van der Waals surface area contributed by atoms with Crippen molar-refractivity contribution in [3.05, 3.63) is 107 Å². The van der Waals surface area contributed by atoms with Gasteiger partial charge in [0.15, 0.2) is 5.13 Å². The van der Waals surface area contributed by atoms with Crippen molar-refractivity contribution in [3.63, 3.8) is 0 Å². The number of carbonyl (C=O) groups excluding carboxylic acids is 2. The Kier molecular flexibility index (Phi) is 5.87. The van der Waals surface area contributed by atoms with Crippen molar-refractivity contribution in [1.29, 1.82) is 0 Å². The Labute approximate surface area is 195 Å². The van der Waals surface area contributed by atoms with Crippen LogP contribution >= 0.6 is 11.3 Å². The number of rotatable bonds is 5. The van der Waals surface area contributed by atoms with E-state index in [9.17, 15) is 9.59 Å². The van der Waals surface area contributed by atoms with Gasteiger partial charge in [0, 0.05) is 29.0 Å². The number of fused-ring (bicyclic) bond motifs is 1. The van der Waals surface area contributed by atoms with Gasteiger partial charge in [-0.1, -0.05) is 53.8 Å². The van der Waals surface area contributed by atoms with Crippen LogP contribution in [0.25, 0.3) is 0 Å². The van der Waals surface area contributed by atoms with Crippen molar-refractivity contribution >= 4 is 28.3 Å². The zero-order valence-corrected chi connectivity index (χ0v) is 18.5. The number of anilines is 1. The molecule has 5 rings (SSSR count). The van der Waals surface area contributed by atoms with Crippen LogP contribution in [0.3, 0.4) is 0 Å². The molecule has 1 aliphatic heterocycles. The Hall–Kier alpha value is -3.97. The van der Waals surface area contributed by atoms with Crippen LogP contribution in [-0.4, -0.2) is 28.2 Å². The first-order valence-electron chi connectivity index (χ1n) is 10.6. The lowest BCUT2D eigenvalue weighted by atomic mass is 10.1. The summed E-state index contributed by atoms with van der Waals surface area (Å²) in [7, 11) is 0. The lowest BCUT2D eigenvalue weighted by Crippen LogP contribution is -2.35. The van der Waals surface area contributed by atoms with Crippen LogP contribution in [0.4, 0.5) is 5.13 Å². The molecule has 0 radical (unpaired) electrons. The SMILES string of the molecule is O=C(Nc1nc2c(s1)CN(C(=O)c1ccccc1)CC2)c1cccc(Oc2ccccc2)c1. The highest BCUT2D eigenvalue weighted by Crippen LogP contribution is 2.30. The van der Waals surface area contributed by atoms with Crippen LogP contribution in [0.1, 0.15) is 31.3 Å². The van der Waals surface area contributed by atoms with Gasteiger partial charge >= 0.3 is 0 Å². The number of benzene rings is 3. The van der Waals surface area contributed by atoms with Crippen LogP contribution in [-0.2, 0) is 13.0 Å². The number of nitrogens with one attached hydrogen (secondary N) is 1. The average Bonchev–Trinajstić information content (AvgIpc) is 3.26. The molecule has 0 saturated heterocycles. The molecular formula is C26H21N3O3S. The van der Waals surface area contributed by atoms with Gasteiger partial charge in [-0.2, -0.15) is 0 Å². The largest absolute Gasteiger partial charge is 0.457 e. The maximum absolute atomic E-state index is 12.8. The predicted molar refractivity (Wildman–Crippen MR) is 128 cm³/mol. The van der Waals surface area contributed by atoms with Crippen molar-refractivity contribution in [2.24, 2.45) is 0 Å². The van der Waals surface area contributed by atoms with E-state index in [1.165, 1.54) is 11.3 Å². The Morgan fingerprint density at radius 2 is 1.58 bits per heavy atom. The normalized spacial score (nSPS) is 12.7. The van der Waals surface area contributed by atoms with Crippen molar-refractivity contribution in [2.45, 2.75) is 13.0 Å². The molecule has 4 aromatic rings. The zero-order chi connectivity index (χ0) is 22.6. The Balaban J connectivity index is 1.26. The minimum absolute atomic E-state index is 0.00969. The molecule has 1 aliphatic rings. The number of hydrogen-bond donors (Lipinski definition) is 1. The summed E-state index contributed by atoms with van der Waals surface area (Å²) in [5.74, 6) is 1.05. The molecule has 33 heavy (non-hydrogen) atoms. The monoisotopic (exact) mass is 455 g/mol. The van der Waals surface area contributed by atoms with Gasteiger partial charge in [0.25, 0.3) is 11.8 Å². The van der Waals surface area contributed by atoms with Crippen LogP contribution in [0.5, 0.6) is 11.5 Å². The van der Waals surface area contributed by atoms with Crippen molar-refractivity contribution in [1.82, 2.24) is 9.88 Å².